The van der Waals surface area contributed by atoms with Crippen LogP contribution >= 0.6 is 18.5 Å². The minimum Gasteiger partial charge on any atom is -0.748 e. The summed E-state index contributed by atoms with van der Waals surface area (Å²) in [6.07, 6.45) is 6.07. The Labute approximate surface area is 228 Å². The van der Waals surface area contributed by atoms with E-state index in [-0.39, 0.29) is 27.6 Å². The Bertz CT molecular complexity index is 976. The van der Waals surface area contributed by atoms with Crippen LogP contribution in [-0.2, 0) is 33.8 Å². The molecule has 0 aromatic heterocycles. The van der Waals surface area contributed by atoms with Crippen molar-refractivity contribution in [3.8, 4) is 11.1 Å². The molecule has 5 rings (SSSR count). The van der Waals surface area contributed by atoms with Gasteiger partial charge in [0.1, 0.15) is 0 Å². The van der Waals surface area contributed by atoms with Gasteiger partial charge in [-0.05, 0) is 44.2 Å². The monoisotopic (exact) mass is 548 g/mol. The second kappa shape index (κ2) is 12.6. The summed E-state index contributed by atoms with van der Waals surface area (Å²) in [6, 6.07) is 24.5. The van der Waals surface area contributed by atoms with E-state index in [4.69, 9.17) is 0 Å². The van der Waals surface area contributed by atoms with Crippen LogP contribution in [0.3, 0.4) is 0 Å². The second-order valence-electron chi connectivity index (χ2n) is 10.8. The number of hydrogen-bond acceptors (Lipinski definition) is 2. The van der Waals surface area contributed by atoms with Crippen molar-refractivity contribution in [1.29, 1.82) is 0 Å². The Hall–Kier alpha value is -0.781. The van der Waals surface area contributed by atoms with E-state index in [1.165, 1.54) is 42.4 Å². The molecule has 35 heavy (non-hydrogen) atoms. The van der Waals surface area contributed by atoms with Gasteiger partial charge in [-0.25, -0.2) is 0 Å². The van der Waals surface area contributed by atoms with E-state index >= 15 is 0 Å². The van der Waals surface area contributed by atoms with Crippen LogP contribution in [0.1, 0.15) is 63.1 Å². The Balaban J connectivity index is 0.000000509. The summed E-state index contributed by atoms with van der Waals surface area (Å²) in [6.45, 7) is 9.45. The Morgan fingerprint density at radius 1 is 0.914 bits per heavy atom. The molecule has 2 fully saturated rings. The van der Waals surface area contributed by atoms with Crippen LogP contribution < -0.4 is 10.6 Å². The SMILES string of the molecule is CC(C)(C)[c-]1c(-c2ccccc2)cc(CP)c1C(P)(C1CCCN1)C1CCCN1.[Fe].[cH-]1[cH-][cH-][cH-][cH-]1. The predicted octanol–water partition coefficient (Wildman–Crippen LogP) is 6.72. The quantitative estimate of drug-likeness (QED) is 0.210. The third-order valence-corrected chi connectivity index (χ3v) is 9.01. The van der Waals surface area contributed by atoms with Crippen LogP contribution in [0.15, 0.2) is 66.7 Å². The van der Waals surface area contributed by atoms with Crippen molar-refractivity contribution in [3.63, 3.8) is 0 Å². The molecule has 0 amide bonds. The van der Waals surface area contributed by atoms with Crippen LogP contribution in [0.4, 0.5) is 0 Å². The summed E-state index contributed by atoms with van der Waals surface area (Å²) in [5, 5.41) is 7.79. The van der Waals surface area contributed by atoms with Gasteiger partial charge in [0, 0.05) is 34.3 Å². The molecule has 4 unspecified atom stereocenters. The maximum atomic E-state index is 3.88. The van der Waals surface area contributed by atoms with Crippen molar-refractivity contribution in [1.82, 2.24) is 10.6 Å². The maximum absolute atomic E-state index is 3.88. The van der Waals surface area contributed by atoms with E-state index in [1.807, 2.05) is 30.3 Å². The van der Waals surface area contributed by atoms with E-state index < -0.39 is 0 Å². The first-order valence-electron chi connectivity index (χ1n) is 12.9. The molecule has 0 spiro atoms. The summed E-state index contributed by atoms with van der Waals surface area (Å²) in [4.78, 5) is 0. The first-order chi connectivity index (χ1) is 16.4. The third-order valence-electron chi connectivity index (χ3n) is 7.48. The smallest absolute Gasteiger partial charge is 0.0234 e. The molecule has 5 heteroatoms. The van der Waals surface area contributed by atoms with Crippen LogP contribution in [0.2, 0.25) is 0 Å². The Kier molecular flexibility index (Phi) is 10.4. The molecule has 4 atom stereocenters. The van der Waals surface area contributed by atoms with Gasteiger partial charge in [0.15, 0.2) is 0 Å². The third kappa shape index (κ3) is 6.21. The minimum absolute atomic E-state index is 0. The minimum atomic E-state index is 0. The van der Waals surface area contributed by atoms with Crippen molar-refractivity contribution in [2.24, 2.45) is 0 Å². The summed E-state index contributed by atoms with van der Waals surface area (Å²) in [5.41, 5.74) is 7.47. The van der Waals surface area contributed by atoms with Crippen molar-refractivity contribution < 1.29 is 17.1 Å². The topological polar surface area (TPSA) is 24.1 Å². The van der Waals surface area contributed by atoms with Gasteiger partial charge in [-0.15, -0.1) is 35.2 Å². The molecule has 0 bridgehead atoms. The largest absolute Gasteiger partial charge is 0.748 e. The molecule has 2 heterocycles. The zero-order valence-electron chi connectivity index (χ0n) is 21.5. The molecule has 2 nitrogen and oxygen atoms in total. The zero-order valence-corrected chi connectivity index (χ0v) is 24.9. The van der Waals surface area contributed by atoms with Gasteiger partial charge in [0.2, 0.25) is 0 Å². The molecule has 2 aliphatic heterocycles. The standard InChI is InChI=1S/C25H37N2P2.C5H5.Fe/c1-24(2,3)23-19(17-9-5-4-6-10-17)15-18(16-28)22(23)25(29,20-11-7-13-26-20)21-12-8-14-27-21;1-2-4-5-3-1;/h4-6,9-10,15,20-21,26-27H,7-8,11-14,16,28-29H2,1-3H3;1-5H;/q-1;-5;. The van der Waals surface area contributed by atoms with E-state index in [0.717, 1.165) is 19.3 Å². The van der Waals surface area contributed by atoms with Crippen molar-refractivity contribution in [2.75, 3.05) is 13.1 Å². The van der Waals surface area contributed by atoms with E-state index in [0.29, 0.717) is 12.1 Å². The molecular formula is C30H42FeN2P2-6. The predicted molar refractivity (Wildman–Crippen MR) is 155 cm³/mol. The van der Waals surface area contributed by atoms with Gasteiger partial charge in [-0.1, -0.05) is 62.8 Å². The fourth-order valence-corrected chi connectivity index (χ4v) is 7.21. The van der Waals surface area contributed by atoms with Crippen molar-refractivity contribution in [2.45, 2.75) is 75.3 Å². The fraction of sp³-hybridized carbons (Fsp3) is 0.467. The average Bonchev–Trinajstić information content (AvgIpc) is 3.66. The molecule has 0 radical (unpaired) electrons. The van der Waals surface area contributed by atoms with Crippen LogP contribution in [0.5, 0.6) is 0 Å². The molecule has 3 aromatic rings. The summed E-state index contributed by atoms with van der Waals surface area (Å²) >= 11 is 0. The van der Waals surface area contributed by atoms with E-state index in [9.17, 15) is 0 Å². The average molecular weight is 548 g/mol. The summed E-state index contributed by atoms with van der Waals surface area (Å²) in [7, 11) is 6.40. The second-order valence-corrected chi connectivity index (χ2v) is 12.2. The van der Waals surface area contributed by atoms with Gasteiger partial charge < -0.3 is 41.0 Å². The number of benzene rings is 1. The molecule has 2 aliphatic rings. The first kappa shape index (κ1) is 28.8. The van der Waals surface area contributed by atoms with Crippen molar-refractivity contribution >= 4 is 18.5 Å². The molecule has 0 saturated carbocycles. The van der Waals surface area contributed by atoms with Crippen LogP contribution in [0, 0.1) is 0 Å². The normalized spacial score (nSPS) is 21.6. The van der Waals surface area contributed by atoms with Gasteiger partial charge in [-0.3, -0.25) is 0 Å². The molecular weight excluding hydrogens is 506 g/mol. The number of hydrogen-bond donors (Lipinski definition) is 2. The Morgan fingerprint density at radius 3 is 1.83 bits per heavy atom. The molecule has 0 aliphatic carbocycles. The zero-order chi connectivity index (χ0) is 24.2. The molecule has 3 aromatic carbocycles. The van der Waals surface area contributed by atoms with Crippen molar-refractivity contribution in [3.05, 3.63) is 83.4 Å². The fourth-order valence-electron chi connectivity index (χ4n) is 5.99. The van der Waals surface area contributed by atoms with E-state index in [1.54, 1.807) is 11.1 Å². The van der Waals surface area contributed by atoms with Gasteiger partial charge in [0.25, 0.3) is 0 Å². The van der Waals surface area contributed by atoms with Crippen LogP contribution in [-0.4, -0.2) is 25.2 Å². The van der Waals surface area contributed by atoms with Crippen LogP contribution in [0.25, 0.3) is 11.1 Å². The van der Waals surface area contributed by atoms with Gasteiger partial charge >= 0.3 is 0 Å². The molecule has 196 valence electrons. The first-order valence-corrected chi connectivity index (χ1v) is 14.3. The van der Waals surface area contributed by atoms with Gasteiger partial charge in [-0.2, -0.15) is 11.6 Å². The Morgan fingerprint density at radius 2 is 1.43 bits per heavy atom. The maximum Gasteiger partial charge on any atom is 0.0234 e. The molecule has 2 saturated heterocycles. The number of rotatable bonds is 5. The summed E-state index contributed by atoms with van der Waals surface area (Å²) < 4.78 is 0. The van der Waals surface area contributed by atoms with Gasteiger partial charge in [0.05, 0.1) is 0 Å². The van der Waals surface area contributed by atoms with E-state index in [2.05, 4.69) is 86.3 Å². The summed E-state index contributed by atoms with van der Waals surface area (Å²) in [5.74, 6) is 0. The molecule has 2 N–H and O–H groups in total. The number of nitrogens with one attached hydrogen (secondary N) is 2.